The molecule has 5 rings (SSSR count). The van der Waals surface area contributed by atoms with Crippen LogP contribution >= 0.6 is 0 Å². The number of carbonyl (C=O) groups excluding carboxylic acids is 1. The first kappa shape index (κ1) is 18.5. The summed E-state index contributed by atoms with van der Waals surface area (Å²) in [5, 5.41) is 16.9. The van der Waals surface area contributed by atoms with Gasteiger partial charge in [-0.25, -0.2) is 9.78 Å². The highest BCUT2D eigenvalue weighted by Gasteiger charge is 2.12. The first-order chi connectivity index (χ1) is 15.2. The third-order valence-corrected chi connectivity index (χ3v) is 5.24. The summed E-state index contributed by atoms with van der Waals surface area (Å²) in [4.78, 5) is 20.1. The fraction of sp³-hybridized carbons (Fsp3) is 0.0417. The van der Waals surface area contributed by atoms with Crippen LogP contribution in [0.1, 0.15) is 11.1 Å². The Bertz CT molecular complexity index is 1460. The van der Waals surface area contributed by atoms with Crippen LogP contribution in [0.25, 0.3) is 21.9 Å². The van der Waals surface area contributed by atoms with Crippen molar-refractivity contribution >= 4 is 39.3 Å². The number of hydrogen-bond donors (Lipinski definition) is 3. The maximum Gasteiger partial charge on any atom is 0.323 e. The molecule has 2 amide bonds. The number of amides is 2. The highest BCUT2D eigenvalue weighted by Crippen LogP contribution is 2.27. The zero-order chi connectivity index (χ0) is 21.2. The minimum Gasteiger partial charge on any atom is -0.346 e. The highest BCUT2D eigenvalue weighted by atomic mass is 16.2. The Morgan fingerprint density at radius 1 is 1.00 bits per heavy atom. The molecule has 150 valence electrons. The van der Waals surface area contributed by atoms with Crippen molar-refractivity contribution in [1.82, 2.24) is 14.5 Å². The minimum atomic E-state index is -0.398. The summed E-state index contributed by atoms with van der Waals surface area (Å²) in [6, 6.07) is 20.3. The number of para-hydroxylation sites is 1. The average molecular weight is 406 g/mol. The van der Waals surface area contributed by atoms with Crippen LogP contribution in [0.3, 0.4) is 0 Å². The molecule has 31 heavy (non-hydrogen) atoms. The number of pyridine rings is 1. The van der Waals surface area contributed by atoms with Gasteiger partial charge in [0.1, 0.15) is 11.7 Å². The number of nitriles is 1. The lowest BCUT2D eigenvalue weighted by molar-refractivity contribution is 0.262. The van der Waals surface area contributed by atoms with Crippen LogP contribution in [0.2, 0.25) is 0 Å². The molecule has 3 heterocycles. The minimum absolute atomic E-state index is 0.398. The van der Waals surface area contributed by atoms with Gasteiger partial charge in [0.15, 0.2) is 0 Å². The Kier molecular flexibility index (Phi) is 4.58. The van der Waals surface area contributed by atoms with Gasteiger partial charge in [-0.3, -0.25) is 0 Å². The zero-order valence-electron chi connectivity index (χ0n) is 16.5. The number of urea groups is 1. The number of rotatable bonds is 4. The molecule has 5 aromatic rings. The molecule has 0 saturated heterocycles. The molecule has 7 heteroatoms. The van der Waals surface area contributed by atoms with Gasteiger partial charge in [0, 0.05) is 35.9 Å². The first-order valence-electron chi connectivity index (χ1n) is 9.79. The molecule has 2 aromatic carbocycles. The smallest absolute Gasteiger partial charge is 0.323 e. The number of nitrogens with zero attached hydrogens (tertiary/aromatic N) is 3. The monoisotopic (exact) mass is 406 g/mol. The summed E-state index contributed by atoms with van der Waals surface area (Å²) < 4.78 is 2.14. The van der Waals surface area contributed by atoms with E-state index in [4.69, 9.17) is 0 Å². The van der Waals surface area contributed by atoms with Crippen molar-refractivity contribution in [3.63, 3.8) is 0 Å². The number of anilines is 2. The topological polar surface area (TPSA) is 98.5 Å². The van der Waals surface area contributed by atoms with E-state index >= 15 is 0 Å². The summed E-state index contributed by atoms with van der Waals surface area (Å²) >= 11 is 0. The Balaban J connectivity index is 1.40. The summed E-state index contributed by atoms with van der Waals surface area (Å²) in [6.07, 6.45) is 5.76. The van der Waals surface area contributed by atoms with E-state index in [0.717, 1.165) is 27.5 Å². The van der Waals surface area contributed by atoms with Gasteiger partial charge in [-0.15, -0.1) is 0 Å². The maximum absolute atomic E-state index is 12.6. The lowest BCUT2D eigenvalue weighted by Gasteiger charge is -2.10. The van der Waals surface area contributed by atoms with Crippen molar-refractivity contribution in [2.24, 2.45) is 0 Å². The van der Waals surface area contributed by atoms with E-state index in [1.54, 1.807) is 30.5 Å². The third-order valence-electron chi connectivity index (χ3n) is 5.24. The van der Waals surface area contributed by atoms with E-state index < -0.39 is 6.03 Å². The van der Waals surface area contributed by atoms with Crippen molar-refractivity contribution in [3.8, 4) is 6.07 Å². The molecule has 0 spiro atoms. The molecule has 7 nitrogen and oxygen atoms in total. The van der Waals surface area contributed by atoms with Crippen molar-refractivity contribution < 1.29 is 4.79 Å². The number of H-pyrrole nitrogens is 1. The number of carbonyl (C=O) groups is 1. The van der Waals surface area contributed by atoms with Gasteiger partial charge in [0.25, 0.3) is 0 Å². The number of aromatic nitrogens is 3. The van der Waals surface area contributed by atoms with Crippen LogP contribution in [-0.4, -0.2) is 20.6 Å². The van der Waals surface area contributed by atoms with E-state index in [0.29, 0.717) is 23.5 Å². The van der Waals surface area contributed by atoms with Gasteiger partial charge < -0.3 is 20.2 Å². The molecule has 0 fully saturated rings. The van der Waals surface area contributed by atoms with Crippen molar-refractivity contribution in [2.45, 2.75) is 6.54 Å². The van der Waals surface area contributed by atoms with Crippen LogP contribution in [0.4, 0.5) is 16.2 Å². The van der Waals surface area contributed by atoms with E-state index in [2.05, 4.69) is 37.3 Å². The second kappa shape index (κ2) is 7.69. The quantitative estimate of drug-likeness (QED) is 0.388. The third kappa shape index (κ3) is 3.47. The molecule has 0 bridgehead atoms. The fourth-order valence-electron chi connectivity index (χ4n) is 3.76. The van der Waals surface area contributed by atoms with Crippen molar-refractivity contribution in [1.29, 1.82) is 5.26 Å². The van der Waals surface area contributed by atoms with Gasteiger partial charge in [-0.2, -0.15) is 5.26 Å². The Hall–Kier alpha value is -4.57. The molecule has 0 saturated carbocycles. The molecule has 3 aromatic heterocycles. The number of benzene rings is 2. The predicted molar refractivity (Wildman–Crippen MR) is 121 cm³/mol. The van der Waals surface area contributed by atoms with Crippen LogP contribution in [-0.2, 0) is 6.54 Å². The molecule has 3 N–H and O–H groups in total. The van der Waals surface area contributed by atoms with Gasteiger partial charge in [0.05, 0.1) is 22.5 Å². The summed E-state index contributed by atoms with van der Waals surface area (Å²) in [5.74, 6) is 0. The molecule has 0 aliphatic heterocycles. The van der Waals surface area contributed by atoms with Crippen LogP contribution in [0.15, 0.2) is 79.3 Å². The highest BCUT2D eigenvalue weighted by molar-refractivity contribution is 6.06. The standard InChI is InChI=1S/C24H18N6O/c25-13-16-5-1-2-7-20(16)28-24(31)29-21-8-3-9-22-19(21)10-12-30(22)15-17-14-27-23-18(17)6-4-11-26-23/h1-12,14H,15H2,(H,26,27)(H2,28,29,31). The van der Waals surface area contributed by atoms with Gasteiger partial charge in [-0.1, -0.05) is 18.2 Å². The number of aromatic amines is 1. The van der Waals surface area contributed by atoms with Crippen LogP contribution in [0.5, 0.6) is 0 Å². The number of fused-ring (bicyclic) bond motifs is 2. The second-order valence-corrected chi connectivity index (χ2v) is 7.13. The largest absolute Gasteiger partial charge is 0.346 e. The first-order valence-corrected chi connectivity index (χ1v) is 9.79. The van der Waals surface area contributed by atoms with Crippen molar-refractivity contribution in [3.05, 3.63) is 90.4 Å². The summed E-state index contributed by atoms with van der Waals surface area (Å²) in [5.41, 5.74) is 4.60. The average Bonchev–Trinajstić information content (AvgIpc) is 3.40. The van der Waals surface area contributed by atoms with E-state index in [1.165, 1.54) is 0 Å². The lowest BCUT2D eigenvalue weighted by atomic mass is 10.2. The van der Waals surface area contributed by atoms with E-state index in [-0.39, 0.29) is 0 Å². The fourth-order valence-corrected chi connectivity index (χ4v) is 3.76. The molecule has 0 aliphatic rings. The number of hydrogen-bond acceptors (Lipinski definition) is 3. The molecule has 0 unspecified atom stereocenters. The lowest BCUT2D eigenvalue weighted by Crippen LogP contribution is -2.20. The Labute approximate surface area is 178 Å². The molecular formula is C24H18N6O. The molecule has 0 aliphatic carbocycles. The predicted octanol–water partition coefficient (Wildman–Crippen LogP) is 5.08. The van der Waals surface area contributed by atoms with E-state index in [1.807, 2.05) is 42.7 Å². The van der Waals surface area contributed by atoms with Gasteiger partial charge in [-0.05, 0) is 48.0 Å². The SMILES string of the molecule is N#Cc1ccccc1NC(=O)Nc1cccc2c1ccn2Cc1c[nH]c2ncccc12. The second-order valence-electron chi connectivity index (χ2n) is 7.13. The Morgan fingerprint density at radius 2 is 1.84 bits per heavy atom. The molecule has 0 atom stereocenters. The molecular weight excluding hydrogens is 388 g/mol. The zero-order valence-corrected chi connectivity index (χ0v) is 16.5. The summed E-state index contributed by atoms with van der Waals surface area (Å²) in [6.45, 7) is 0.681. The van der Waals surface area contributed by atoms with Crippen LogP contribution in [0, 0.1) is 11.3 Å². The number of nitrogens with one attached hydrogen (secondary N) is 3. The van der Waals surface area contributed by atoms with Crippen LogP contribution < -0.4 is 10.6 Å². The van der Waals surface area contributed by atoms with E-state index in [9.17, 15) is 10.1 Å². The van der Waals surface area contributed by atoms with Gasteiger partial charge in [0.2, 0.25) is 0 Å². The summed E-state index contributed by atoms with van der Waals surface area (Å²) in [7, 11) is 0. The maximum atomic E-state index is 12.6. The Morgan fingerprint density at radius 3 is 2.74 bits per heavy atom. The normalized spacial score (nSPS) is 10.8. The van der Waals surface area contributed by atoms with Gasteiger partial charge >= 0.3 is 6.03 Å². The van der Waals surface area contributed by atoms with Crippen molar-refractivity contribution in [2.75, 3.05) is 10.6 Å². The molecule has 0 radical (unpaired) electrons.